The zero-order valence-corrected chi connectivity index (χ0v) is 15.0. The van der Waals surface area contributed by atoms with E-state index in [1.165, 1.54) is 6.42 Å². The Bertz CT molecular complexity index is 723. The van der Waals surface area contributed by atoms with Gasteiger partial charge in [0.05, 0.1) is 5.69 Å². The van der Waals surface area contributed by atoms with Gasteiger partial charge in [0, 0.05) is 38.4 Å². The summed E-state index contributed by atoms with van der Waals surface area (Å²) in [6.07, 6.45) is 4.13. The highest BCUT2D eigenvalue weighted by molar-refractivity contribution is 5.78. The number of carbonyl (C=O) groups is 1. The third-order valence-electron chi connectivity index (χ3n) is 5.33. The maximum Gasteiger partial charge on any atom is 0.260 e. The summed E-state index contributed by atoms with van der Waals surface area (Å²) in [7, 11) is 0. The second-order valence-corrected chi connectivity index (χ2v) is 7.26. The molecule has 3 aliphatic heterocycles. The van der Waals surface area contributed by atoms with Gasteiger partial charge in [0.25, 0.3) is 5.91 Å². The predicted molar refractivity (Wildman–Crippen MR) is 99.7 cm³/mol. The van der Waals surface area contributed by atoms with Gasteiger partial charge in [0.15, 0.2) is 6.61 Å². The van der Waals surface area contributed by atoms with Crippen molar-refractivity contribution >= 4 is 5.91 Å². The second-order valence-electron chi connectivity index (χ2n) is 7.26. The van der Waals surface area contributed by atoms with Gasteiger partial charge in [-0.25, -0.2) is 0 Å². The van der Waals surface area contributed by atoms with Crippen molar-refractivity contribution < 1.29 is 9.53 Å². The maximum absolute atomic E-state index is 12.7. The Morgan fingerprint density at radius 3 is 2.69 bits per heavy atom. The fourth-order valence-electron chi connectivity index (χ4n) is 4.08. The van der Waals surface area contributed by atoms with Crippen molar-refractivity contribution in [3.8, 4) is 5.75 Å². The molecule has 1 aromatic carbocycles. The number of piperidine rings is 1. The molecule has 2 atom stereocenters. The Labute approximate surface area is 154 Å². The molecule has 2 bridgehead atoms. The summed E-state index contributed by atoms with van der Waals surface area (Å²) in [6, 6.07) is 15.9. The van der Waals surface area contributed by atoms with E-state index in [0.29, 0.717) is 5.92 Å². The minimum absolute atomic E-state index is 0.100. The molecular weight excluding hydrogens is 326 g/mol. The molecule has 0 aliphatic carbocycles. The Hall–Kier alpha value is -2.40. The first-order valence-electron chi connectivity index (χ1n) is 9.37. The second kappa shape index (κ2) is 7.87. The minimum atomic E-state index is 0.100. The van der Waals surface area contributed by atoms with Gasteiger partial charge in [-0.05, 0) is 43.0 Å². The van der Waals surface area contributed by atoms with E-state index in [-0.39, 0.29) is 18.6 Å². The highest BCUT2D eigenvalue weighted by atomic mass is 16.5. The highest BCUT2D eigenvalue weighted by Gasteiger charge is 2.37. The van der Waals surface area contributed by atoms with Crippen LogP contribution in [0.3, 0.4) is 0 Å². The first kappa shape index (κ1) is 17.0. The molecule has 0 radical (unpaired) electrons. The molecule has 5 rings (SSSR count). The summed E-state index contributed by atoms with van der Waals surface area (Å²) in [5.41, 5.74) is 1.10. The van der Waals surface area contributed by atoms with Crippen molar-refractivity contribution in [2.24, 2.45) is 5.92 Å². The number of ether oxygens (including phenoxy) is 1. The fourth-order valence-corrected chi connectivity index (χ4v) is 4.08. The fraction of sp³-hybridized carbons (Fsp3) is 0.429. The standard InChI is InChI=1S/C21H25N3O2/c25-21(16-26-20-7-2-1-3-8-20)24-13-17-9-10-19(24)15-23(12-17)14-18-6-4-5-11-22-18/h1-8,11,17,19H,9-10,12-16H2/t17-,19+/m0/s1. The van der Waals surface area contributed by atoms with Gasteiger partial charge in [0.1, 0.15) is 5.75 Å². The molecule has 2 aromatic rings. The molecule has 0 unspecified atom stereocenters. The van der Waals surface area contributed by atoms with Crippen LogP contribution in [-0.2, 0) is 11.3 Å². The Kier molecular flexibility index (Phi) is 5.16. The average Bonchev–Trinajstić information content (AvgIpc) is 2.98. The number of benzene rings is 1. The zero-order chi connectivity index (χ0) is 17.8. The number of aromatic nitrogens is 1. The Morgan fingerprint density at radius 1 is 1.04 bits per heavy atom. The lowest BCUT2D eigenvalue weighted by Gasteiger charge is -2.36. The lowest BCUT2D eigenvalue weighted by Crippen LogP contribution is -2.49. The molecule has 3 saturated heterocycles. The number of pyridine rings is 1. The van der Waals surface area contributed by atoms with E-state index < -0.39 is 0 Å². The van der Waals surface area contributed by atoms with Crippen LogP contribution < -0.4 is 4.74 Å². The number of amides is 1. The van der Waals surface area contributed by atoms with Gasteiger partial charge in [-0.3, -0.25) is 14.7 Å². The smallest absolute Gasteiger partial charge is 0.260 e. The van der Waals surface area contributed by atoms with E-state index in [9.17, 15) is 4.79 Å². The molecule has 1 aromatic heterocycles. The Morgan fingerprint density at radius 2 is 1.88 bits per heavy atom. The van der Waals surface area contributed by atoms with Crippen molar-refractivity contribution in [3.05, 3.63) is 60.4 Å². The van der Waals surface area contributed by atoms with Crippen molar-refractivity contribution in [1.29, 1.82) is 0 Å². The predicted octanol–water partition coefficient (Wildman–Crippen LogP) is 2.58. The van der Waals surface area contributed by atoms with Crippen molar-refractivity contribution in [3.63, 3.8) is 0 Å². The number of nitrogens with zero attached hydrogens (tertiary/aromatic N) is 3. The summed E-state index contributed by atoms with van der Waals surface area (Å²) in [4.78, 5) is 21.7. The van der Waals surface area contributed by atoms with E-state index in [2.05, 4.69) is 20.9 Å². The maximum atomic E-state index is 12.7. The van der Waals surface area contributed by atoms with Crippen molar-refractivity contribution in [1.82, 2.24) is 14.8 Å². The number of para-hydroxylation sites is 1. The molecule has 4 heterocycles. The van der Waals surface area contributed by atoms with Crippen LogP contribution in [-0.4, -0.2) is 53.0 Å². The Balaban J connectivity index is 1.37. The molecule has 5 nitrogen and oxygen atoms in total. The van der Waals surface area contributed by atoms with Gasteiger partial charge >= 0.3 is 0 Å². The molecule has 0 N–H and O–H groups in total. The highest BCUT2D eigenvalue weighted by Crippen LogP contribution is 2.28. The van der Waals surface area contributed by atoms with Crippen LogP contribution in [0, 0.1) is 5.92 Å². The van der Waals surface area contributed by atoms with Gasteiger partial charge in [0.2, 0.25) is 0 Å². The van der Waals surface area contributed by atoms with Gasteiger partial charge in [-0.2, -0.15) is 0 Å². The third kappa shape index (κ3) is 4.05. The summed E-state index contributed by atoms with van der Waals surface area (Å²) in [6.45, 7) is 3.78. The van der Waals surface area contributed by atoms with E-state index in [0.717, 1.165) is 44.0 Å². The molecule has 5 heteroatoms. The number of rotatable bonds is 5. The molecule has 0 saturated carbocycles. The molecule has 0 spiro atoms. The van der Waals surface area contributed by atoms with Gasteiger partial charge < -0.3 is 9.64 Å². The first-order chi connectivity index (χ1) is 12.8. The number of fused-ring (bicyclic) bond motifs is 4. The van der Waals surface area contributed by atoms with Crippen LogP contribution in [0.5, 0.6) is 5.75 Å². The van der Waals surface area contributed by atoms with Crippen molar-refractivity contribution in [2.45, 2.75) is 25.4 Å². The molecule has 1 amide bonds. The normalized spacial score (nSPS) is 22.8. The lowest BCUT2D eigenvalue weighted by atomic mass is 9.95. The summed E-state index contributed by atoms with van der Waals surface area (Å²) in [5, 5.41) is 0. The third-order valence-corrected chi connectivity index (χ3v) is 5.33. The largest absolute Gasteiger partial charge is 0.484 e. The number of carbonyl (C=O) groups excluding carboxylic acids is 1. The van der Waals surface area contributed by atoms with E-state index in [4.69, 9.17) is 4.74 Å². The van der Waals surface area contributed by atoms with Crippen LogP contribution in [0.25, 0.3) is 0 Å². The topological polar surface area (TPSA) is 45.7 Å². The molecule has 136 valence electrons. The molecule has 3 fully saturated rings. The summed E-state index contributed by atoms with van der Waals surface area (Å²) in [5.74, 6) is 1.39. The van der Waals surface area contributed by atoms with E-state index in [1.54, 1.807) is 0 Å². The minimum Gasteiger partial charge on any atom is -0.484 e. The number of hydrogen-bond donors (Lipinski definition) is 0. The quantitative estimate of drug-likeness (QED) is 0.831. The SMILES string of the molecule is O=C(COc1ccccc1)N1C[C@H]2CC[C@@H]1CN(Cc1ccccn1)C2. The first-order valence-corrected chi connectivity index (χ1v) is 9.37. The average molecular weight is 351 g/mol. The summed E-state index contributed by atoms with van der Waals surface area (Å²) < 4.78 is 5.68. The monoisotopic (exact) mass is 351 g/mol. The van der Waals surface area contributed by atoms with Crippen molar-refractivity contribution in [2.75, 3.05) is 26.2 Å². The van der Waals surface area contributed by atoms with Crippen LogP contribution >= 0.6 is 0 Å². The number of hydrogen-bond acceptors (Lipinski definition) is 4. The van der Waals surface area contributed by atoms with E-state index in [1.807, 2.05) is 48.7 Å². The molecular formula is C21H25N3O2. The lowest BCUT2D eigenvalue weighted by molar-refractivity contribution is -0.137. The molecule has 26 heavy (non-hydrogen) atoms. The molecule has 3 aliphatic rings. The zero-order valence-electron chi connectivity index (χ0n) is 15.0. The van der Waals surface area contributed by atoms with Gasteiger partial charge in [-0.15, -0.1) is 0 Å². The van der Waals surface area contributed by atoms with Crippen LogP contribution in [0.1, 0.15) is 18.5 Å². The summed E-state index contributed by atoms with van der Waals surface area (Å²) >= 11 is 0. The van der Waals surface area contributed by atoms with Crippen LogP contribution in [0.4, 0.5) is 0 Å². The van der Waals surface area contributed by atoms with Gasteiger partial charge in [-0.1, -0.05) is 24.3 Å². The van der Waals surface area contributed by atoms with Crippen LogP contribution in [0.2, 0.25) is 0 Å². The van der Waals surface area contributed by atoms with E-state index >= 15 is 0 Å². The van der Waals surface area contributed by atoms with Crippen LogP contribution in [0.15, 0.2) is 54.7 Å².